The van der Waals surface area contributed by atoms with Gasteiger partial charge in [-0.2, -0.15) is 5.10 Å². The Labute approximate surface area is 85.5 Å². The molecule has 1 saturated carbocycles. The first-order valence-electron chi connectivity index (χ1n) is 5.31. The summed E-state index contributed by atoms with van der Waals surface area (Å²) in [6, 6.07) is 3.05. The van der Waals surface area contributed by atoms with Gasteiger partial charge in [0.1, 0.15) is 0 Å². The van der Waals surface area contributed by atoms with Crippen molar-refractivity contribution >= 4 is 0 Å². The monoisotopic (exact) mass is 193 g/mol. The summed E-state index contributed by atoms with van der Waals surface area (Å²) in [5.41, 5.74) is 0.380. The minimum atomic E-state index is 0.380. The van der Waals surface area contributed by atoms with E-state index < -0.39 is 0 Å². The van der Waals surface area contributed by atoms with Crippen molar-refractivity contribution in [3.05, 3.63) is 18.5 Å². The highest BCUT2D eigenvalue weighted by Crippen LogP contribution is 2.43. The fourth-order valence-electron chi connectivity index (χ4n) is 2.71. The Morgan fingerprint density at radius 1 is 1.50 bits per heavy atom. The van der Waals surface area contributed by atoms with E-state index in [2.05, 4.69) is 35.1 Å². The largest absolute Gasteiger partial charge is 0.314 e. The molecule has 14 heavy (non-hydrogen) atoms. The lowest BCUT2D eigenvalue weighted by Gasteiger charge is -2.30. The van der Waals surface area contributed by atoms with Crippen LogP contribution in [-0.4, -0.2) is 22.9 Å². The zero-order chi connectivity index (χ0) is 10.2. The number of nitrogens with zero attached hydrogens (tertiary/aromatic N) is 2. The summed E-state index contributed by atoms with van der Waals surface area (Å²) in [4.78, 5) is 0. The molecule has 1 N–H and O–H groups in total. The van der Waals surface area contributed by atoms with Gasteiger partial charge in [-0.05, 0) is 31.4 Å². The van der Waals surface area contributed by atoms with Crippen molar-refractivity contribution < 1.29 is 0 Å². The molecule has 1 aromatic rings. The first-order valence-corrected chi connectivity index (χ1v) is 5.31. The van der Waals surface area contributed by atoms with Crippen LogP contribution in [0.25, 0.3) is 0 Å². The summed E-state index contributed by atoms with van der Waals surface area (Å²) in [6.45, 7) is 4.66. The highest BCUT2D eigenvalue weighted by molar-refractivity contribution is 4.99. The molecule has 1 aliphatic carbocycles. The standard InChI is InChI=1S/C11H19N3/c1-11(2)6-5-9(10(11)12-3)14-8-4-7-13-14/h4,7-10,12H,5-6H2,1-3H3. The molecule has 2 unspecified atom stereocenters. The van der Waals surface area contributed by atoms with Gasteiger partial charge in [-0.3, -0.25) is 4.68 Å². The lowest BCUT2D eigenvalue weighted by Crippen LogP contribution is -2.40. The Kier molecular flexibility index (Phi) is 2.35. The van der Waals surface area contributed by atoms with Crippen LogP contribution < -0.4 is 5.32 Å². The number of hydrogen-bond acceptors (Lipinski definition) is 2. The highest BCUT2D eigenvalue weighted by Gasteiger charge is 2.41. The number of aromatic nitrogens is 2. The summed E-state index contributed by atoms with van der Waals surface area (Å²) in [7, 11) is 2.05. The zero-order valence-corrected chi connectivity index (χ0v) is 9.20. The van der Waals surface area contributed by atoms with Gasteiger partial charge in [0.25, 0.3) is 0 Å². The fourth-order valence-corrected chi connectivity index (χ4v) is 2.71. The van der Waals surface area contributed by atoms with E-state index in [4.69, 9.17) is 0 Å². The molecule has 0 radical (unpaired) electrons. The molecule has 0 bridgehead atoms. The minimum Gasteiger partial charge on any atom is -0.314 e. The third-order valence-electron chi connectivity index (χ3n) is 3.49. The molecule has 0 aromatic carbocycles. The van der Waals surface area contributed by atoms with Gasteiger partial charge in [0.2, 0.25) is 0 Å². The van der Waals surface area contributed by atoms with Gasteiger partial charge in [-0.15, -0.1) is 0 Å². The summed E-state index contributed by atoms with van der Waals surface area (Å²) in [5, 5.41) is 7.77. The Morgan fingerprint density at radius 3 is 2.86 bits per heavy atom. The molecule has 1 aromatic heterocycles. The van der Waals surface area contributed by atoms with Gasteiger partial charge in [-0.25, -0.2) is 0 Å². The van der Waals surface area contributed by atoms with Gasteiger partial charge in [-0.1, -0.05) is 13.8 Å². The van der Waals surface area contributed by atoms with Gasteiger partial charge in [0.05, 0.1) is 6.04 Å². The average Bonchev–Trinajstić information content (AvgIpc) is 2.70. The van der Waals surface area contributed by atoms with Crippen molar-refractivity contribution in [2.24, 2.45) is 5.41 Å². The van der Waals surface area contributed by atoms with Gasteiger partial charge >= 0.3 is 0 Å². The first kappa shape index (κ1) is 9.71. The van der Waals surface area contributed by atoms with Crippen LogP contribution >= 0.6 is 0 Å². The topological polar surface area (TPSA) is 29.9 Å². The van der Waals surface area contributed by atoms with Crippen LogP contribution in [0.1, 0.15) is 32.7 Å². The average molecular weight is 193 g/mol. The molecule has 0 spiro atoms. The maximum absolute atomic E-state index is 4.34. The lowest BCUT2D eigenvalue weighted by atomic mass is 9.86. The molecule has 1 fully saturated rings. The van der Waals surface area contributed by atoms with E-state index in [9.17, 15) is 0 Å². The van der Waals surface area contributed by atoms with E-state index in [-0.39, 0.29) is 0 Å². The van der Waals surface area contributed by atoms with Gasteiger partial charge in [0, 0.05) is 18.4 Å². The van der Waals surface area contributed by atoms with Gasteiger partial charge in [0.15, 0.2) is 0 Å². The van der Waals surface area contributed by atoms with Crippen LogP contribution in [0.5, 0.6) is 0 Å². The van der Waals surface area contributed by atoms with Crippen molar-refractivity contribution in [1.29, 1.82) is 0 Å². The molecule has 0 aliphatic heterocycles. The fraction of sp³-hybridized carbons (Fsp3) is 0.727. The van der Waals surface area contributed by atoms with E-state index in [0.717, 1.165) is 0 Å². The summed E-state index contributed by atoms with van der Waals surface area (Å²) in [5.74, 6) is 0. The van der Waals surface area contributed by atoms with E-state index >= 15 is 0 Å². The van der Waals surface area contributed by atoms with Crippen molar-refractivity contribution in [2.45, 2.75) is 38.8 Å². The molecule has 0 amide bonds. The second-order valence-corrected chi connectivity index (χ2v) is 4.85. The smallest absolute Gasteiger partial charge is 0.0677 e. The number of likely N-dealkylation sites (N-methyl/N-ethyl adjacent to an activating group) is 1. The Balaban J connectivity index is 2.22. The van der Waals surface area contributed by atoms with Crippen molar-refractivity contribution in [3.63, 3.8) is 0 Å². The maximum Gasteiger partial charge on any atom is 0.0677 e. The minimum absolute atomic E-state index is 0.380. The van der Waals surface area contributed by atoms with E-state index in [1.54, 1.807) is 0 Å². The molecule has 3 heteroatoms. The second kappa shape index (κ2) is 3.39. The Hall–Kier alpha value is -0.830. The number of rotatable bonds is 2. The molecule has 2 atom stereocenters. The summed E-state index contributed by atoms with van der Waals surface area (Å²) >= 11 is 0. The van der Waals surface area contributed by atoms with Gasteiger partial charge < -0.3 is 5.32 Å². The van der Waals surface area contributed by atoms with Crippen LogP contribution in [0.3, 0.4) is 0 Å². The van der Waals surface area contributed by atoms with Crippen molar-refractivity contribution in [1.82, 2.24) is 15.1 Å². The van der Waals surface area contributed by atoms with Crippen LogP contribution in [0.2, 0.25) is 0 Å². The SMILES string of the molecule is CNC1C(n2cccn2)CCC1(C)C. The molecule has 3 nitrogen and oxygen atoms in total. The van der Waals surface area contributed by atoms with E-state index in [1.807, 2.05) is 19.3 Å². The molecule has 2 rings (SSSR count). The second-order valence-electron chi connectivity index (χ2n) is 4.85. The third-order valence-corrected chi connectivity index (χ3v) is 3.49. The molecule has 1 heterocycles. The third kappa shape index (κ3) is 1.46. The van der Waals surface area contributed by atoms with Crippen molar-refractivity contribution in [2.75, 3.05) is 7.05 Å². The first-order chi connectivity index (χ1) is 6.65. The van der Waals surface area contributed by atoms with Crippen LogP contribution in [0.4, 0.5) is 0 Å². The molecule has 1 aliphatic rings. The highest BCUT2D eigenvalue weighted by atomic mass is 15.3. The van der Waals surface area contributed by atoms with Crippen LogP contribution in [0.15, 0.2) is 18.5 Å². The Morgan fingerprint density at radius 2 is 2.29 bits per heavy atom. The van der Waals surface area contributed by atoms with E-state index in [0.29, 0.717) is 17.5 Å². The van der Waals surface area contributed by atoms with Crippen molar-refractivity contribution in [3.8, 4) is 0 Å². The van der Waals surface area contributed by atoms with Crippen LogP contribution in [-0.2, 0) is 0 Å². The number of nitrogens with one attached hydrogen (secondary N) is 1. The summed E-state index contributed by atoms with van der Waals surface area (Å²) < 4.78 is 2.09. The summed E-state index contributed by atoms with van der Waals surface area (Å²) in [6.07, 6.45) is 6.41. The zero-order valence-electron chi connectivity index (χ0n) is 9.20. The molecule has 78 valence electrons. The lowest BCUT2D eigenvalue weighted by molar-refractivity contribution is 0.253. The molecular weight excluding hydrogens is 174 g/mol. The van der Waals surface area contributed by atoms with Crippen LogP contribution in [0, 0.1) is 5.41 Å². The predicted octanol–water partition coefficient (Wildman–Crippen LogP) is 1.83. The maximum atomic E-state index is 4.34. The quantitative estimate of drug-likeness (QED) is 0.776. The molecule has 0 saturated heterocycles. The predicted molar refractivity (Wildman–Crippen MR) is 57.1 cm³/mol. The normalized spacial score (nSPS) is 30.8. The Bertz CT molecular complexity index is 289. The number of hydrogen-bond donors (Lipinski definition) is 1. The molecular formula is C11H19N3. The van der Waals surface area contributed by atoms with E-state index in [1.165, 1.54) is 12.8 Å².